The number of hydrogen-bond acceptors (Lipinski definition) is 3. The van der Waals surface area contributed by atoms with Crippen molar-refractivity contribution in [2.45, 2.75) is 52.1 Å². The fourth-order valence-electron chi connectivity index (χ4n) is 1.79. The first-order valence-corrected chi connectivity index (χ1v) is 6.16. The molecule has 0 bridgehead atoms. The molecule has 0 spiro atoms. The van der Waals surface area contributed by atoms with Crippen molar-refractivity contribution in [3.8, 4) is 0 Å². The van der Waals surface area contributed by atoms with E-state index in [0.717, 1.165) is 17.9 Å². The summed E-state index contributed by atoms with van der Waals surface area (Å²) in [5.74, 6) is 0. The van der Waals surface area contributed by atoms with Crippen LogP contribution in [0.1, 0.15) is 45.9 Å². The Hall–Kier alpha value is -1.58. The van der Waals surface area contributed by atoms with Crippen LogP contribution >= 0.6 is 0 Å². The van der Waals surface area contributed by atoms with E-state index in [2.05, 4.69) is 49.1 Å². The Morgan fingerprint density at radius 1 is 1.22 bits per heavy atom. The predicted molar refractivity (Wildman–Crippen MR) is 69.3 cm³/mol. The van der Waals surface area contributed by atoms with Crippen LogP contribution in [-0.2, 0) is 17.4 Å². The molecule has 2 aromatic rings. The molecule has 0 amide bonds. The largest absolute Gasteiger partial charge is 0.418 e. The summed E-state index contributed by atoms with van der Waals surface area (Å²) in [5.41, 5.74) is 2.14. The van der Waals surface area contributed by atoms with Gasteiger partial charge in [-0.1, -0.05) is 25.9 Å². The standard InChI is InChI=1S/C14H21N2O2/c1-13(2,3)12-6-7-18(16-12)10-14(4,5)11-8-15-17-9-11/h6-9H,10H2,1-5H3/q+1. The van der Waals surface area contributed by atoms with Gasteiger partial charge >= 0.3 is 0 Å². The van der Waals surface area contributed by atoms with Gasteiger partial charge in [0.1, 0.15) is 12.0 Å². The van der Waals surface area contributed by atoms with Crippen molar-refractivity contribution < 1.29 is 8.68 Å². The number of hydrogen-bond donors (Lipinski definition) is 0. The first-order valence-electron chi connectivity index (χ1n) is 6.16. The third-order valence-electron chi connectivity index (χ3n) is 3.09. The molecule has 0 atom stereocenters. The van der Waals surface area contributed by atoms with E-state index in [1.807, 2.05) is 12.3 Å². The minimum Gasteiger partial charge on any atom is -0.418 e. The molecular weight excluding hydrogens is 228 g/mol. The van der Waals surface area contributed by atoms with Gasteiger partial charge in [0.25, 0.3) is 6.26 Å². The maximum absolute atomic E-state index is 4.91. The Kier molecular flexibility index (Phi) is 3.05. The van der Waals surface area contributed by atoms with Crippen LogP contribution in [0.3, 0.4) is 0 Å². The van der Waals surface area contributed by atoms with E-state index in [9.17, 15) is 0 Å². The number of rotatable bonds is 3. The highest BCUT2D eigenvalue weighted by molar-refractivity contribution is 5.14. The van der Waals surface area contributed by atoms with E-state index in [1.165, 1.54) is 0 Å². The molecule has 0 N–H and O–H groups in total. The average molecular weight is 249 g/mol. The van der Waals surface area contributed by atoms with Gasteiger partial charge in [0.15, 0.2) is 0 Å². The van der Waals surface area contributed by atoms with Crippen molar-refractivity contribution in [3.63, 3.8) is 0 Å². The highest BCUT2D eigenvalue weighted by atomic mass is 16.6. The Bertz CT molecular complexity index is 504. The summed E-state index contributed by atoms with van der Waals surface area (Å²) in [6.45, 7) is 11.5. The Labute approximate surface area is 108 Å². The second kappa shape index (κ2) is 4.26. The van der Waals surface area contributed by atoms with Gasteiger partial charge in [0.2, 0.25) is 6.61 Å². The summed E-state index contributed by atoms with van der Waals surface area (Å²) >= 11 is 0. The van der Waals surface area contributed by atoms with E-state index >= 15 is 0 Å². The van der Waals surface area contributed by atoms with Gasteiger partial charge in [0, 0.05) is 11.0 Å². The molecule has 0 radical (unpaired) electrons. The van der Waals surface area contributed by atoms with Crippen LogP contribution in [0.25, 0.3) is 0 Å². The highest BCUT2D eigenvalue weighted by Gasteiger charge is 2.30. The Morgan fingerprint density at radius 2 is 1.94 bits per heavy atom. The van der Waals surface area contributed by atoms with Crippen molar-refractivity contribution in [3.05, 3.63) is 36.0 Å². The van der Waals surface area contributed by atoms with Crippen LogP contribution in [0.4, 0.5) is 0 Å². The van der Waals surface area contributed by atoms with Gasteiger partial charge in [0.05, 0.1) is 22.8 Å². The first-order chi connectivity index (χ1) is 8.29. The fraction of sp³-hybridized carbons (Fsp3) is 0.571. The smallest absolute Gasteiger partial charge is 0.254 e. The van der Waals surface area contributed by atoms with Gasteiger partial charge in [-0.05, 0) is 13.8 Å². The summed E-state index contributed by atoms with van der Waals surface area (Å²) < 4.78 is 7.77. The summed E-state index contributed by atoms with van der Waals surface area (Å²) in [6, 6.07) is 2.05. The molecule has 0 saturated carbocycles. The zero-order chi connectivity index (χ0) is 13.4. The van der Waals surface area contributed by atoms with Crippen molar-refractivity contribution in [2.75, 3.05) is 0 Å². The number of nitrogens with zero attached hydrogens (tertiary/aromatic N) is 2. The quantitative estimate of drug-likeness (QED) is 0.780. The zero-order valence-corrected chi connectivity index (χ0v) is 11.7. The third kappa shape index (κ3) is 2.63. The van der Waals surface area contributed by atoms with Crippen LogP contribution < -0.4 is 0 Å². The van der Waals surface area contributed by atoms with Crippen LogP contribution in [-0.4, -0.2) is 10.3 Å². The second-order valence-electron chi connectivity index (χ2n) is 6.37. The SMILES string of the molecule is CC(C)(C)c1cc[o+](CC(C)(C)c2cnoc2)n1. The minimum atomic E-state index is -0.0775. The molecule has 2 heterocycles. The first kappa shape index (κ1) is 12.9. The van der Waals surface area contributed by atoms with Crippen LogP contribution in [0.15, 0.2) is 33.5 Å². The monoisotopic (exact) mass is 249 g/mol. The van der Waals surface area contributed by atoms with Gasteiger partial charge in [-0.25, -0.2) is 0 Å². The summed E-state index contributed by atoms with van der Waals surface area (Å²) in [5, 5.41) is 8.32. The molecule has 98 valence electrons. The molecule has 0 aromatic carbocycles. The average Bonchev–Trinajstić information content (AvgIpc) is 2.83. The predicted octanol–water partition coefficient (Wildman–Crippen LogP) is 3.63. The van der Waals surface area contributed by atoms with E-state index < -0.39 is 0 Å². The van der Waals surface area contributed by atoms with E-state index in [1.54, 1.807) is 12.5 Å². The van der Waals surface area contributed by atoms with E-state index in [4.69, 9.17) is 4.52 Å². The normalized spacial score (nSPS) is 12.9. The van der Waals surface area contributed by atoms with Crippen molar-refractivity contribution in [1.29, 1.82) is 0 Å². The summed E-state index contributed by atoms with van der Waals surface area (Å²) in [4.78, 5) is 0. The lowest BCUT2D eigenvalue weighted by Gasteiger charge is -2.18. The molecule has 4 heteroatoms. The van der Waals surface area contributed by atoms with Crippen LogP contribution in [0, 0.1) is 0 Å². The van der Waals surface area contributed by atoms with Crippen molar-refractivity contribution in [2.24, 2.45) is 0 Å². The molecule has 0 saturated heterocycles. The maximum atomic E-state index is 4.91. The van der Waals surface area contributed by atoms with E-state index in [0.29, 0.717) is 0 Å². The van der Waals surface area contributed by atoms with Crippen LogP contribution in [0.2, 0.25) is 0 Å². The minimum absolute atomic E-state index is 0.0690. The molecule has 0 aliphatic carbocycles. The van der Waals surface area contributed by atoms with E-state index in [-0.39, 0.29) is 10.8 Å². The maximum Gasteiger partial charge on any atom is 0.254 e. The number of aromatic nitrogens is 2. The van der Waals surface area contributed by atoms with Crippen molar-refractivity contribution >= 4 is 0 Å². The Morgan fingerprint density at radius 3 is 2.44 bits per heavy atom. The molecule has 4 nitrogen and oxygen atoms in total. The zero-order valence-electron chi connectivity index (χ0n) is 11.7. The summed E-state index contributed by atoms with van der Waals surface area (Å²) in [7, 11) is 0. The van der Waals surface area contributed by atoms with Gasteiger partial charge in [-0.3, -0.25) is 0 Å². The fourth-order valence-corrected chi connectivity index (χ4v) is 1.79. The van der Waals surface area contributed by atoms with Gasteiger partial charge in [-0.15, -0.1) is 0 Å². The molecule has 0 aliphatic heterocycles. The highest BCUT2D eigenvalue weighted by Crippen LogP contribution is 2.28. The lowest BCUT2D eigenvalue weighted by atomic mass is 9.88. The molecule has 0 aliphatic rings. The van der Waals surface area contributed by atoms with Crippen molar-refractivity contribution in [1.82, 2.24) is 10.3 Å². The van der Waals surface area contributed by atoms with Gasteiger partial charge in [-0.2, -0.15) is 0 Å². The molecule has 18 heavy (non-hydrogen) atoms. The van der Waals surface area contributed by atoms with Gasteiger partial charge < -0.3 is 8.68 Å². The molecule has 0 fully saturated rings. The summed E-state index contributed by atoms with van der Waals surface area (Å²) in [6.07, 6.45) is 5.40. The molecule has 0 unspecified atom stereocenters. The third-order valence-corrected chi connectivity index (χ3v) is 3.09. The lowest BCUT2D eigenvalue weighted by molar-refractivity contribution is -0.00935. The molecular formula is C14H21N2O2+. The second-order valence-corrected chi connectivity index (χ2v) is 6.37. The molecule has 2 aromatic heterocycles. The Balaban J connectivity index is 2.17. The topological polar surface area (TPSA) is 41.6 Å². The molecule has 2 rings (SSSR count). The van der Waals surface area contributed by atoms with Crippen LogP contribution in [0.5, 0.6) is 0 Å². The lowest BCUT2D eigenvalue weighted by Crippen LogP contribution is -2.20.